The second kappa shape index (κ2) is 7.36. The Morgan fingerprint density at radius 2 is 1.96 bits per heavy atom. The summed E-state index contributed by atoms with van der Waals surface area (Å²) in [4.78, 5) is 13.9. The number of aryl methyl sites for hydroxylation is 1. The van der Waals surface area contributed by atoms with Gasteiger partial charge in [-0.1, -0.05) is 30.0 Å². The zero-order valence-corrected chi connectivity index (χ0v) is 15.0. The number of hydrogen-bond donors (Lipinski definition) is 0. The molecule has 1 atom stereocenters. The molecule has 2 aromatic rings. The lowest BCUT2D eigenvalue weighted by Crippen LogP contribution is -2.38. The number of Topliss-reactive ketones (excluding diaryl/α,β-unsaturated/α-hetero) is 1. The average molecular weight is 346 g/mol. The Kier molecular flexibility index (Phi) is 5.20. The number of para-hydroxylation sites is 1. The van der Waals surface area contributed by atoms with Crippen LogP contribution in [0.4, 0.5) is 5.95 Å². The summed E-state index contributed by atoms with van der Waals surface area (Å²) in [6, 6.07) is 8.16. The number of morpholine rings is 1. The van der Waals surface area contributed by atoms with Crippen molar-refractivity contribution >= 4 is 23.5 Å². The molecule has 0 saturated carbocycles. The lowest BCUT2D eigenvalue weighted by molar-refractivity contribution is -0.116. The van der Waals surface area contributed by atoms with E-state index in [-0.39, 0.29) is 11.0 Å². The highest BCUT2D eigenvalue weighted by Gasteiger charge is 2.24. The largest absolute Gasteiger partial charge is 0.378 e. The van der Waals surface area contributed by atoms with Crippen molar-refractivity contribution in [1.82, 2.24) is 14.8 Å². The Morgan fingerprint density at radius 1 is 1.25 bits per heavy atom. The lowest BCUT2D eigenvalue weighted by atomic mass is 10.2. The van der Waals surface area contributed by atoms with Crippen LogP contribution in [0.3, 0.4) is 0 Å². The molecule has 1 unspecified atom stereocenters. The van der Waals surface area contributed by atoms with Gasteiger partial charge in [0.05, 0.1) is 24.2 Å². The van der Waals surface area contributed by atoms with Crippen molar-refractivity contribution < 1.29 is 9.53 Å². The van der Waals surface area contributed by atoms with Gasteiger partial charge in [-0.3, -0.25) is 9.36 Å². The van der Waals surface area contributed by atoms with E-state index in [0.29, 0.717) is 13.2 Å². The fourth-order valence-electron chi connectivity index (χ4n) is 2.57. The van der Waals surface area contributed by atoms with Crippen molar-refractivity contribution in [1.29, 1.82) is 0 Å². The summed E-state index contributed by atoms with van der Waals surface area (Å²) in [7, 11) is 0. The predicted octanol–water partition coefficient (Wildman–Crippen LogP) is 2.48. The van der Waals surface area contributed by atoms with Gasteiger partial charge in [0.25, 0.3) is 0 Å². The second-order valence-corrected chi connectivity index (χ2v) is 7.18. The SMILES string of the molecule is CC(=O)C(C)Sc1nnc(N2CCOCC2)n1-c1ccccc1C. The molecule has 1 fully saturated rings. The standard InChI is InChI=1S/C17H22N4O2S/c1-12-6-4-5-7-15(12)21-16(20-8-10-23-11-9-20)18-19-17(21)24-14(3)13(2)22/h4-7,14H,8-11H2,1-3H3. The first-order chi connectivity index (χ1) is 11.6. The number of benzene rings is 1. The summed E-state index contributed by atoms with van der Waals surface area (Å²) in [5, 5.41) is 9.38. The number of carbonyl (C=O) groups is 1. The summed E-state index contributed by atoms with van der Waals surface area (Å²) in [5.74, 6) is 0.943. The number of ether oxygens (including phenoxy) is 1. The van der Waals surface area contributed by atoms with Gasteiger partial charge >= 0.3 is 0 Å². The minimum Gasteiger partial charge on any atom is -0.378 e. The number of rotatable bonds is 5. The Morgan fingerprint density at radius 3 is 2.62 bits per heavy atom. The van der Waals surface area contributed by atoms with Gasteiger partial charge in [-0.15, -0.1) is 10.2 Å². The van der Waals surface area contributed by atoms with E-state index in [9.17, 15) is 4.79 Å². The molecule has 0 aliphatic carbocycles. The van der Waals surface area contributed by atoms with Crippen LogP contribution in [0.25, 0.3) is 5.69 Å². The maximum Gasteiger partial charge on any atom is 0.232 e. The number of nitrogens with zero attached hydrogens (tertiary/aromatic N) is 4. The molecule has 1 aliphatic heterocycles. The van der Waals surface area contributed by atoms with Crippen LogP contribution in [0, 0.1) is 6.92 Å². The van der Waals surface area contributed by atoms with Crippen LogP contribution >= 0.6 is 11.8 Å². The molecule has 3 rings (SSSR count). The fourth-order valence-corrected chi connectivity index (χ4v) is 3.43. The minimum absolute atomic E-state index is 0.132. The third kappa shape index (κ3) is 3.47. The highest BCUT2D eigenvalue weighted by molar-refractivity contribution is 8.00. The van der Waals surface area contributed by atoms with Crippen LogP contribution in [0.5, 0.6) is 0 Å². The third-order valence-electron chi connectivity index (χ3n) is 4.12. The van der Waals surface area contributed by atoms with Crippen molar-refractivity contribution in [3.63, 3.8) is 0 Å². The Labute approximate surface area is 146 Å². The highest BCUT2D eigenvalue weighted by Crippen LogP contribution is 2.31. The second-order valence-electron chi connectivity index (χ2n) is 5.87. The zero-order valence-electron chi connectivity index (χ0n) is 14.2. The number of anilines is 1. The minimum atomic E-state index is -0.158. The molecule has 24 heavy (non-hydrogen) atoms. The average Bonchev–Trinajstić information content (AvgIpc) is 2.99. The van der Waals surface area contributed by atoms with Crippen LogP contribution < -0.4 is 4.90 Å². The molecule has 7 heteroatoms. The number of thioether (sulfide) groups is 1. The summed E-state index contributed by atoms with van der Waals surface area (Å²) >= 11 is 1.45. The van der Waals surface area contributed by atoms with Gasteiger partial charge < -0.3 is 9.64 Å². The van der Waals surface area contributed by atoms with Crippen LogP contribution in [-0.2, 0) is 9.53 Å². The molecule has 1 saturated heterocycles. The molecule has 128 valence electrons. The molecule has 2 heterocycles. The lowest BCUT2D eigenvalue weighted by Gasteiger charge is -2.28. The summed E-state index contributed by atoms with van der Waals surface area (Å²) in [6.07, 6.45) is 0. The first-order valence-corrected chi connectivity index (χ1v) is 8.97. The monoisotopic (exact) mass is 346 g/mol. The van der Waals surface area contributed by atoms with Gasteiger partial charge in [-0.2, -0.15) is 0 Å². The summed E-state index contributed by atoms with van der Waals surface area (Å²) in [6.45, 7) is 8.53. The molecule has 1 aromatic heterocycles. The Hall–Kier alpha value is -1.86. The van der Waals surface area contributed by atoms with Gasteiger partial charge in [-0.25, -0.2) is 0 Å². The van der Waals surface area contributed by atoms with E-state index in [2.05, 4.69) is 38.7 Å². The van der Waals surface area contributed by atoms with Gasteiger partial charge in [0.2, 0.25) is 5.95 Å². The molecule has 1 aromatic carbocycles. The van der Waals surface area contributed by atoms with Gasteiger partial charge in [0, 0.05) is 13.1 Å². The maximum absolute atomic E-state index is 11.7. The molecule has 0 spiro atoms. The molecule has 0 bridgehead atoms. The quantitative estimate of drug-likeness (QED) is 0.775. The van der Waals surface area contributed by atoms with E-state index in [1.165, 1.54) is 11.8 Å². The molecule has 0 N–H and O–H groups in total. The highest BCUT2D eigenvalue weighted by atomic mass is 32.2. The summed E-state index contributed by atoms with van der Waals surface area (Å²) < 4.78 is 7.50. The Balaban J connectivity index is 2.05. The molecular weight excluding hydrogens is 324 g/mol. The van der Waals surface area contributed by atoms with Crippen LogP contribution in [0.1, 0.15) is 19.4 Å². The Bertz CT molecular complexity index is 725. The number of aromatic nitrogens is 3. The maximum atomic E-state index is 11.7. The molecule has 6 nitrogen and oxygen atoms in total. The molecular formula is C17H22N4O2S. The summed E-state index contributed by atoms with van der Waals surface area (Å²) in [5.41, 5.74) is 2.19. The van der Waals surface area contributed by atoms with Gasteiger partial charge in [-0.05, 0) is 32.4 Å². The van der Waals surface area contributed by atoms with Gasteiger partial charge in [0.1, 0.15) is 5.78 Å². The van der Waals surface area contributed by atoms with E-state index in [4.69, 9.17) is 4.74 Å². The number of hydrogen-bond acceptors (Lipinski definition) is 6. The van der Waals surface area contributed by atoms with E-state index < -0.39 is 0 Å². The van der Waals surface area contributed by atoms with E-state index >= 15 is 0 Å². The normalized spacial score (nSPS) is 16.2. The van der Waals surface area contributed by atoms with E-state index in [1.807, 2.05) is 19.1 Å². The number of carbonyl (C=O) groups excluding carboxylic acids is 1. The molecule has 0 radical (unpaired) electrons. The van der Waals surface area contributed by atoms with Crippen molar-refractivity contribution in [3.8, 4) is 5.69 Å². The molecule has 1 aliphatic rings. The first kappa shape index (κ1) is 17.0. The van der Waals surface area contributed by atoms with Crippen LogP contribution in [-0.4, -0.2) is 52.1 Å². The topological polar surface area (TPSA) is 60.3 Å². The van der Waals surface area contributed by atoms with Gasteiger partial charge in [0.15, 0.2) is 5.16 Å². The van der Waals surface area contributed by atoms with Crippen molar-refractivity contribution in [2.45, 2.75) is 31.2 Å². The van der Waals surface area contributed by atoms with Crippen molar-refractivity contribution in [2.75, 3.05) is 31.2 Å². The van der Waals surface area contributed by atoms with Crippen LogP contribution in [0.15, 0.2) is 29.4 Å². The fraction of sp³-hybridized carbons (Fsp3) is 0.471. The van der Waals surface area contributed by atoms with Crippen molar-refractivity contribution in [3.05, 3.63) is 29.8 Å². The number of ketones is 1. The zero-order chi connectivity index (χ0) is 17.1. The van der Waals surface area contributed by atoms with E-state index in [0.717, 1.165) is 35.4 Å². The third-order valence-corrected chi connectivity index (χ3v) is 5.28. The molecule has 0 amide bonds. The first-order valence-electron chi connectivity index (χ1n) is 8.09. The predicted molar refractivity (Wildman–Crippen MR) is 95.1 cm³/mol. The smallest absolute Gasteiger partial charge is 0.232 e. The van der Waals surface area contributed by atoms with Crippen molar-refractivity contribution in [2.24, 2.45) is 0 Å². The van der Waals surface area contributed by atoms with Crippen LogP contribution in [0.2, 0.25) is 0 Å². The van der Waals surface area contributed by atoms with E-state index in [1.54, 1.807) is 6.92 Å².